The van der Waals surface area contributed by atoms with Gasteiger partial charge in [0, 0.05) is 19.0 Å². The molecule has 0 aliphatic rings. The van der Waals surface area contributed by atoms with Crippen molar-refractivity contribution in [3.05, 3.63) is 65.5 Å². The van der Waals surface area contributed by atoms with Crippen LogP contribution in [0, 0.1) is 0 Å². The van der Waals surface area contributed by atoms with Gasteiger partial charge < -0.3 is 10.1 Å². The molecule has 140 valence electrons. The predicted octanol–water partition coefficient (Wildman–Crippen LogP) is 1.45. The molecule has 1 aromatic carbocycles. The fraction of sp³-hybridized carbons (Fsp3) is 0.167. The SMILES string of the molecule is COC(=O)c1ccc(CNC(=O)c2nc(S(C)(=O)=O)n3ccccc23)cc1. The van der Waals surface area contributed by atoms with Gasteiger partial charge in [0.15, 0.2) is 5.69 Å². The number of hydrogen-bond donors (Lipinski definition) is 1. The van der Waals surface area contributed by atoms with Crippen LogP contribution in [0.3, 0.4) is 0 Å². The molecule has 2 aromatic heterocycles. The molecular weight excluding hydrogens is 370 g/mol. The monoisotopic (exact) mass is 387 g/mol. The number of rotatable bonds is 5. The molecule has 8 nitrogen and oxygen atoms in total. The van der Waals surface area contributed by atoms with Crippen LogP contribution in [0.25, 0.3) is 5.52 Å². The minimum atomic E-state index is -3.60. The van der Waals surface area contributed by atoms with Crippen LogP contribution >= 0.6 is 0 Å². The number of ether oxygens (including phenoxy) is 1. The van der Waals surface area contributed by atoms with Gasteiger partial charge in [0.05, 0.1) is 18.2 Å². The second kappa shape index (κ2) is 7.20. The summed E-state index contributed by atoms with van der Waals surface area (Å²) in [6, 6.07) is 11.6. The van der Waals surface area contributed by atoms with Crippen LogP contribution < -0.4 is 5.32 Å². The molecule has 3 aromatic rings. The van der Waals surface area contributed by atoms with Crippen molar-refractivity contribution >= 4 is 27.2 Å². The third-order valence-corrected chi connectivity index (χ3v) is 4.84. The smallest absolute Gasteiger partial charge is 0.337 e. The Labute approximate surface area is 155 Å². The van der Waals surface area contributed by atoms with E-state index in [1.807, 2.05) is 0 Å². The van der Waals surface area contributed by atoms with E-state index >= 15 is 0 Å². The summed E-state index contributed by atoms with van der Waals surface area (Å²) >= 11 is 0. The van der Waals surface area contributed by atoms with Crippen LogP contribution in [-0.4, -0.2) is 43.0 Å². The number of hydrogen-bond acceptors (Lipinski definition) is 6. The van der Waals surface area contributed by atoms with Gasteiger partial charge in [-0.1, -0.05) is 18.2 Å². The van der Waals surface area contributed by atoms with Crippen molar-refractivity contribution in [1.82, 2.24) is 14.7 Å². The first-order chi connectivity index (χ1) is 12.8. The summed E-state index contributed by atoms with van der Waals surface area (Å²) < 4.78 is 29.8. The minimum absolute atomic E-state index is 0.0298. The van der Waals surface area contributed by atoms with Gasteiger partial charge in [-0.15, -0.1) is 0 Å². The molecule has 2 heterocycles. The summed E-state index contributed by atoms with van der Waals surface area (Å²) in [5.74, 6) is -0.936. The molecule has 0 fully saturated rings. The summed E-state index contributed by atoms with van der Waals surface area (Å²) in [4.78, 5) is 28.0. The van der Waals surface area contributed by atoms with Crippen molar-refractivity contribution < 1.29 is 22.7 Å². The van der Waals surface area contributed by atoms with E-state index in [2.05, 4.69) is 15.0 Å². The summed E-state index contributed by atoms with van der Waals surface area (Å²) in [5, 5.41) is 2.52. The van der Waals surface area contributed by atoms with Gasteiger partial charge in [0.25, 0.3) is 5.91 Å². The van der Waals surface area contributed by atoms with Gasteiger partial charge in [-0.3, -0.25) is 9.20 Å². The second-order valence-corrected chi connectivity index (χ2v) is 7.75. The topological polar surface area (TPSA) is 107 Å². The fourth-order valence-corrected chi connectivity index (χ4v) is 3.35. The maximum atomic E-state index is 12.5. The molecule has 3 rings (SSSR count). The van der Waals surface area contributed by atoms with Gasteiger partial charge >= 0.3 is 5.97 Å². The molecule has 0 unspecified atom stereocenters. The van der Waals surface area contributed by atoms with E-state index in [9.17, 15) is 18.0 Å². The van der Waals surface area contributed by atoms with Crippen molar-refractivity contribution in [2.75, 3.05) is 13.4 Å². The molecule has 0 radical (unpaired) electrons. The lowest BCUT2D eigenvalue weighted by Gasteiger charge is -2.05. The van der Waals surface area contributed by atoms with Gasteiger partial charge in [0.2, 0.25) is 15.0 Å². The molecule has 27 heavy (non-hydrogen) atoms. The number of carbonyl (C=O) groups is 2. The van der Waals surface area contributed by atoms with Gasteiger partial charge in [-0.2, -0.15) is 0 Å². The number of carbonyl (C=O) groups excluding carboxylic acids is 2. The predicted molar refractivity (Wildman–Crippen MR) is 97.3 cm³/mol. The largest absolute Gasteiger partial charge is 0.465 e. The number of pyridine rings is 1. The number of benzene rings is 1. The Morgan fingerprint density at radius 1 is 1.15 bits per heavy atom. The van der Waals surface area contributed by atoms with Crippen LogP contribution in [0.4, 0.5) is 0 Å². The highest BCUT2D eigenvalue weighted by Gasteiger charge is 2.22. The molecule has 0 saturated heterocycles. The lowest BCUT2D eigenvalue weighted by molar-refractivity contribution is 0.0600. The highest BCUT2D eigenvalue weighted by Crippen LogP contribution is 2.17. The molecule has 1 amide bonds. The second-order valence-electron chi connectivity index (χ2n) is 5.84. The Morgan fingerprint density at radius 2 is 1.85 bits per heavy atom. The zero-order valence-electron chi connectivity index (χ0n) is 14.7. The number of fused-ring (bicyclic) bond motifs is 1. The van der Waals surface area contributed by atoms with Crippen LogP contribution in [0.15, 0.2) is 53.8 Å². The number of methoxy groups -OCH3 is 1. The van der Waals surface area contributed by atoms with Crippen molar-refractivity contribution in [2.24, 2.45) is 0 Å². The van der Waals surface area contributed by atoms with Gasteiger partial charge in [-0.05, 0) is 29.8 Å². The normalized spacial score (nSPS) is 11.3. The van der Waals surface area contributed by atoms with Crippen molar-refractivity contribution in [2.45, 2.75) is 11.7 Å². The molecule has 0 saturated carbocycles. The number of imidazole rings is 1. The van der Waals surface area contributed by atoms with Crippen molar-refractivity contribution in [3.63, 3.8) is 0 Å². The third kappa shape index (κ3) is 3.82. The average molecular weight is 387 g/mol. The van der Waals surface area contributed by atoms with E-state index in [0.717, 1.165) is 11.8 Å². The van der Waals surface area contributed by atoms with E-state index < -0.39 is 21.7 Å². The zero-order valence-corrected chi connectivity index (χ0v) is 15.5. The molecule has 1 N–H and O–H groups in total. The molecule has 0 atom stereocenters. The summed E-state index contributed by atoms with van der Waals surface area (Å²) in [6.07, 6.45) is 2.58. The number of nitrogens with zero attached hydrogens (tertiary/aromatic N) is 2. The Morgan fingerprint density at radius 3 is 2.48 bits per heavy atom. The first-order valence-corrected chi connectivity index (χ1v) is 9.83. The van der Waals surface area contributed by atoms with Crippen LogP contribution in [0.1, 0.15) is 26.4 Å². The third-order valence-electron chi connectivity index (χ3n) is 3.89. The standard InChI is InChI=1S/C18H17N3O5S/c1-26-17(23)13-8-6-12(7-9-13)11-19-16(22)15-14-5-3-4-10-21(14)18(20-15)27(2,24)25/h3-10H,11H2,1-2H3,(H,19,22). The quantitative estimate of drug-likeness (QED) is 0.664. The minimum Gasteiger partial charge on any atom is -0.465 e. The maximum Gasteiger partial charge on any atom is 0.337 e. The van der Waals surface area contributed by atoms with E-state index in [4.69, 9.17) is 0 Å². The Kier molecular flexibility index (Phi) is 4.95. The van der Waals surface area contributed by atoms with Crippen LogP contribution in [-0.2, 0) is 21.1 Å². The molecular formula is C18H17N3O5S. The lowest BCUT2D eigenvalue weighted by Crippen LogP contribution is -2.23. The van der Waals surface area contributed by atoms with E-state index in [1.165, 1.54) is 11.5 Å². The van der Waals surface area contributed by atoms with Gasteiger partial charge in [0.1, 0.15) is 0 Å². The van der Waals surface area contributed by atoms with E-state index in [1.54, 1.807) is 48.7 Å². The molecule has 0 aliphatic carbocycles. The lowest BCUT2D eigenvalue weighted by atomic mass is 10.1. The zero-order chi connectivity index (χ0) is 19.6. The highest BCUT2D eigenvalue weighted by atomic mass is 32.2. The van der Waals surface area contributed by atoms with Crippen LogP contribution in [0.2, 0.25) is 0 Å². The first kappa shape index (κ1) is 18.6. The fourth-order valence-electron chi connectivity index (χ4n) is 2.58. The Balaban J connectivity index is 1.82. The average Bonchev–Trinajstić information content (AvgIpc) is 3.06. The maximum absolute atomic E-state index is 12.5. The molecule has 9 heteroatoms. The number of esters is 1. The molecule has 0 spiro atoms. The van der Waals surface area contributed by atoms with E-state index in [0.29, 0.717) is 11.1 Å². The number of sulfone groups is 1. The van der Waals surface area contributed by atoms with Crippen molar-refractivity contribution in [1.29, 1.82) is 0 Å². The Hall–Kier alpha value is -3.20. The highest BCUT2D eigenvalue weighted by molar-refractivity contribution is 7.90. The summed E-state index contributed by atoms with van der Waals surface area (Å²) in [7, 11) is -2.29. The van der Waals surface area contributed by atoms with Crippen molar-refractivity contribution in [3.8, 4) is 0 Å². The number of aromatic nitrogens is 2. The van der Waals surface area contributed by atoms with E-state index in [-0.39, 0.29) is 17.4 Å². The number of amides is 1. The number of nitrogens with one attached hydrogen (secondary N) is 1. The Bertz CT molecular complexity index is 1120. The summed E-state index contributed by atoms with van der Waals surface area (Å²) in [5.41, 5.74) is 1.60. The first-order valence-electron chi connectivity index (χ1n) is 7.94. The van der Waals surface area contributed by atoms with Gasteiger partial charge in [-0.25, -0.2) is 18.2 Å². The molecule has 0 aliphatic heterocycles. The summed E-state index contributed by atoms with van der Waals surface area (Å²) in [6.45, 7) is 0.195. The van der Waals surface area contributed by atoms with Crippen LogP contribution in [0.5, 0.6) is 0 Å². The molecule has 0 bridgehead atoms.